The van der Waals surface area contributed by atoms with Gasteiger partial charge in [0, 0.05) is 0 Å². The lowest BCUT2D eigenvalue weighted by Crippen LogP contribution is -2.05. The number of halogens is 4. The average Bonchev–Trinajstić information content (AvgIpc) is 2.55. The zero-order valence-corrected chi connectivity index (χ0v) is 13.6. The molecule has 0 unspecified atom stereocenters. The summed E-state index contributed by atoms with van der Waals surface area (Å²) in [5.41, 5.74) is 2.42. The Labute approximate surface area is 141 Å². The zero-order valence-electron chi connectivity index (χ0n) is 12.8. The number of alkyl halides is 3. The molecule has 0 spiro atoms. The van der Waals surface area contributed by atoms with E-state index in [0.29, 0.717) is 17.1 Å². The highest BCUT2D eigenvalue weighted by Gasteiger charge is 2.30. The maximum atomic E-state index is 12.7. The highest BCUT2D eigenvalue weighted by atomic mass is 35.5. The number of hydrazone groups is 1. The first-order chi connectivity index (χ1) is 11.3. The Morgan fingerprint density at radius 1 is 1.04 bits per heavy atom. The van der Waals surface area contributed by atoms with Crippen LogP contribution in [0, 0.1) is 0 Å². The van der Waals surface area contributed by atoms with Gasteiger partial charge < -0.3 is 9.47 Å². The van der Waals surface area contributed by atoms with Gasteiger partial charge in [-0.15, -0.1) is 0 Å². The summed E-state index contributed by atoms with van der Waals surface area (Å²) >= 11 is 5.88. The molecule has 128 valence electrons. The maximum absolute atomic E-state index is 12.7. The molecule has 0 aliphatic carbocycles. The fourth-order valence-electron chi connectivity index (χ4n) is 1.90. The zero-order chi connectivity index (χ0) is 17.7. The second-order valence-electron chi connectivity index (χ2n) is 4.68. The molecule has 0 saturated heterocycles. The van der Waals surface area contributed by atoms with Crippen LogP contribution in [-0.2, 0) is 6.18 Å². The molecule has 0 fully saturated rings. The van der Waals surface area contributed by atoms with E-state index in [1.807, 2.05) is 0 Å². The van der Waals surface area contributed by atoms with E-state index in [4.69, 9.17) is 21.1 Å². The number of benzene rings is 2. The van der Waals surface area contributed by atoms with Crippen molar-refractivity contribution in [3.05, 3.63) is 52.5 Å². The molecule has 0 amide bonds. The van der Waals surface area contributed by atoms with Gasteiger partial charge in [0.25, 0.3) is 0 Å². The Hall–Kier alpha value is -2.41. The minimum Gasteiger partial charge on any atom is -0.493 e. The first-order valence-electron chi connectivity index (χ1n) is 6.73. The molecular formula is C16H14ClF3N2O2. The predicted molar refractivity (Wildman–Crippen MR) is 87.2 cm³/mol. The van der Waals surface area contributed by atoms with Crippen LogP contribution >= 0.6 is 11.6 Å². The number of ether oxygens (including phenoxy) is 2. The van der Waals surface area contributed by atoms with Crippen LogP contribution in [0.4, 0.5) is 18.9 Å². The Morgan fingerprint density at radius 3 is 2.38 bits per heavy atom. The molecule has 1 N–H and O–H groups in total. The van der Waals surface area contributed by atoms with Gasteiger partial charge in [0.05, 0.1) is 36.7 Å². The third kappa shape index (κ3) is 4.32. The van der Waals surface area contributed by atoms with E-state index in [9.17, 15) is 13.2 Å². The number of nitrogens with one attached hydrogen (secondary N) is 1. The quantitative estimate of drug-likeness (QED) is 0.615. The fourth-order valence-corrected chi connectivity index (χ4v) is 2.06. The molecule has 0 radical (unpaired) electrons. The van der Waals surface area contributed by atoms with Crippen molar-refractivity contribution in [2.45, 2.75) is 6.18 Å². The van der Waals surface area contributed by atoms with Gasteiger partial charge in [0.2, 0.25) is 0 Å². The third-order valence-corrected chi connectivity index (χ3v) is 3.43. The van der Waals surface area contributed by atoms with E-state index in [1.165, 1.54) is 26.5 Å². The first-order valence-corrected chi connectivity index (χ1v) is 7.11. The van der Waals surface area contributed by atoms with Gasteiger partial charge in [0.1, 0.15) is 0 Å². The molecule has 24 heavy (non-hydrogen) atoms. The molecule has 0 aliphatic rings. The lowest BCUT2D eigenvalue weighted by atomic mass is 10.2. The van der Waals surface area contributed by atoms with Gasteiger partial charge >= 0.3 is 6.18 Å². The highest BCUT2D eigenvalue weighted by molar-refractivity contribution is 6.33. The summed E-state index contributed by atoms with van der Waals surface area (Å²) < 4.78 is 48.4. The van der Waals surface area contributed by atoms with E-state index in [2.05, 4.69) is 10.5 Å². The third-order valence-electron chi connectivity index (χ3n) is 3.10. The largest absolute Gasteiger partial charge is 0.493 e. The number of nitrogens with zero attached hydrogens (tertiary/aromatic N) is 1. The number of methoxy groups -OCH3 is 2. The maximum Gasteiger partial charge on any atom is 0.416 e. The molecular weight excluding hydrogens is 345 g/mol. The Bertz CT molecular complexity index is 749. The van der Waals surface area contributed by atoms with Crippen LogP contribution in [0.15, 0.2) is 41.5 Å². The van der Waals surface area contributed by atoms with Crippen molar-refractivity contribution in [1.29, 1.82) is 0 Å². The summed E-state index contributed by atoms with van der Waals surface area (Å²) in [6.07, 6.45) is -3.02. The SMILES string of the molecule is COc1ccc(C=NNc2cc(C(F)(F)F)ccc2Cl)cc1OC. The summed E-state index contributed by atoms with van der Waals surface area (Å²) in [6.45, 7) is 0. The minimum atomic E-state index is -4.45. The van der Waals surface area contributed by atoms with Crippen LogP contribution in [0.2, 0.25) is 5.02 Å². The molecule has 0 bridgehead atoms. The second kappa shape index (κ2) is 7.44. The highest BCUT2D eigenvalue weighted by Crippen LogP contribution is 2.33. The summed E-state index contributed by atoms with van der Waals surface area (Å²) in [4.78, 5) is 0. The number of rotatable bonds is 5. The number of hydrogen-bond acceptors (Lipinski definition) is 4. The second-order valence-corrected chi connectivity index (χ2v) is 5.08. The number of hydrogen-bond donors (Lipinski definition) is 1. The standard InChI is InChI=1S/C16H14ClF3N2O2/c1-23-14-6-3-10(7-15(14)24-2)9-21-22-13-8-11(16(18,19)20)4-5-12(13)17/h3-9,22H,1-2H3. The fraction of sp³-hybridized carbons (Fsp3) is 0.188. The van der Waals surface area contributed by atoms with E-state index >= 15 is 0 Å². The Kier molecular flexibility index (Phi) is 5.56. The Morgan fingerprint density at radius 2 is 1.75 bits per heavy atom. The summed E-state index contributed by atoms with van der Waals surface area (Å²) in [6, 6.07) is 8.06. The van der Waals surface area contributed by atoms with Crippen LogP contribution < -0.4 is 14.9 Å². The number of anilines is 1. The molecule has 2 aromatic rings. The molecule has 0 atom stereocenters. The van der Waals surface area contributed by atoms with E-state index in [-0.39, 0.29) is 10.7 Å². The molecule has 4 nitrogen and oxygen atoms in total. The summed E-state index contributed by atoms with van der Waals surface area (Å²) in [7, 11) is 3.02. The lowest BCUT2D eigenvalue weighted by molar-refractivity contribution is -0.137. The van der Waals surface area contributed by atoms with Crippen molar-refractivity contribution in [1.82, 2.24) is 0 Å². The monoisotopic (exact) mass is 358 g/mol. The first kappa shape index (κ1) is 17.9. The van der Waals surface area contributed by atoms with Gasteiger partial charge in [-0.05, 0) is 42.0 Å². The smallest absolute Gasteiger partial charge is 0.416 e. The molecule has 0 heterocycles. The van der Waals surface area contributed by atoms with E-state index < -0.39 is 11.7 Å². The van der Waals surface area contributed by atoms with Gasteiger partial charge in [-0.2, -0.15) is 18.3 Å². The Balaban J connectivity index is 2.17. The van der Waals surface area contributed by atoms with Crippen molar-refractivity contribution < 1.29 is 22.6 Å². The van der Waals surface area contributed by atoms with Gasteiger partial charge in [-0.1, -0.05) is 11.6 Å². The van der Waals surface area contributed by atoms with Crippen LogP contribution in [0.5, 0.6) is 11.5 Å². The van der Waals surface area contributed by atoms with Crippen LogP contribution in [0.25, 0.3) is 0 Å². The average molecular weight is 359 g/mol. The normalized spacial score (nSPS) is 11.6. The molecule has 0 aromatic heterocycles. The molecule has 0 aliphatic heterocycles. The summed E-state index contributed by atoms with van der Waals surface area (Å²) in [5.74, 6) is 1.07. The van der Waals surface area contributed by atoms with Gasteiger partial charge in [0.15, 0.2) is 11.5 Å². The van der Waals surface area contributed by atoms with Gasteiger partial charge in [-0.3, -0.25) is 5.43 Å². The van der Waals surface area contributed by atoms with Crippen LogP contribution in [-0.4, -0.2) is 20.4 Å². The molecule has 2 aromatic carbocycles. The minimum absolute atomic E-state index is 0.0585. The molecule has 8 heteroatoms. The predicted octanol–water partition coefficient (Wildman–Crippen LogP) is 4.82. The van der Waals surface area contributed by atoms with Gasteiger partial charge in [-0.25, -0.2) is 0 Å². The van der Waals surface area contributed by atoms with Crippen LogP contribution in [0.1, 0.15) is 11.1 Å². The van der Waals surface area contributed by atoms with E-state index in [0.717, 1.165) is 12.1 Å². The van der Waals surface area contributed by atoms with Crippen molar-refractivity contribution in [3.63, 3.8) is 0 Å². The molecule has 2 rings (SSSR count). The van der Waals surface area contributed by atoms with E-state index in [1.54, 1.807) is 18.2 Å². The molecule has 0 saturated carbocycles. The van der Waals surface area contributed by atoms with Crippen molar-refractivity contribution in [2.75, 3.05) is 19.6 Å². The van der Waals surface area contributed by atoms with Crippen LogP contribution in [0.3, 0.4) is 0 Å². The summed E-state index contributed by atoms with van der Waals surface area (Å²) in [5, 5.41) is 4.04. The topological polar surface area (TPSA) is 42.8 Å². The van der Waals surface area contributed by atoms with Crippen molar-refractivity contribution in [3.8, 4) is 11.5 Å². The van der Waals surface area contributed by atoms with Crippen molar-refractivity contribution in [2.24, 2.45) is 5.10 Å². The van der Waals surface area contributed by atoms with Crippen molar-refractivity contribution >= 4 is 23.5 Å². The lowest BCUT2D eigenvalue weighted by Gasteiger charge is -2.10.